The van der Waals surface area contributed by atoms with Crippen molar-refractivity contribution in [3.63, 3.8) is 0 Å². The molecule has 108 valence electrons. The third kappa shape index (κ3) is 2.62. The third-order valence-electron chi connectivity index (χ3n) is 3.73. The van der Waals surface area contributed by atoms with Crippen molar-refractivity contribution in [1.82, 2.24) is 15.0 Å². The molecule has 7 heteroatoms. The van der Waals surface area contributed by atoms with E-state index in [9.17, 15) is 9.59 Å². The first-order valence-electron chi connectivity index (χ1n) is 6.65. The summed E-state index contributed by atoms with van der Waals surface area (Å²) in [6.45, 7) is 0. The van der Waals surface area contributed by atoms with Gasteiger partial charge in [-0.25, -0.2) is 4.68 Å². The number of aliphatic carboxylic acids is 1. The Balaban J connectivity index is 1.72. The highest BCUT2D eigenvalue weighted by Gasteiger charge is 2.41. The lowest BCUT2D eigenvalue weighted by atomic mass is 9.73. The SMILES string of the molecule is O=C(O)C1CCC1C(=O)Nc1cccc(-n2ccnn2)c1. The Bertz CT molecular complexity index is 669. The number of hydrogen-bond donors (Lipinski definition) is 2. The molecule has 2 unspecified atom stereocenters. The molecule has 0 bridgehead atoms. The van der Waals surface area contributed by atoms with E-state index in [2.05, 4.69) is 15.6 Å². The highest BCUT2D eigenvalue weighted by Crippen LogP contribution is 2.35. The molecule has 1 amide bonds. The summed E-state index contributed by atoms with van der Waals surface area (Å²) in [7, 11) is 0. The van der Waals surface area contributed by atoms with Gasteiger partial charge in [-0.05, 0) is 31.0 Å². The Kier molecular flexibility index (Phi) is 3.39. The van der Waals surface area contributed by atoms with Crippen LogP contribution < -0.4 is 5.32 Å². The molecule has 7 nitrogen and oxygen atoms in total. The number of carboxylic acids is 1. The van der Waals surface area contributed by atoms with Gasteiger partial charge in [0.2, 0.25) is 5.91 Å². The first-order valence-corrected chi connectivity index (χ1v) is 6.65. The molecular weight excluding hydrogens is 272 g/mol. The molecule has 1 fully saturated rings. The maximum absolute atomic E-state index is 12.1. The molecule has 0 radical (unpaired) electrons. The second kappa shape index (κ2) is 5.35. The summed E-state index contributed by atoms with van der Waals surface area (Å²) in [6, 6.07) is 7.16. The van der Waals surface area contributed by atoms with Crippen LogP contribution in [0.2, 0.25) is 0 Å². The Hall–Kier alpha value is -2.70. The van der Waals surface area contributed by atoms with E-state index in [-0.39, 0.29) is 5.91 Å². The molecule has 0 spiro atoms. The Morgan fingerprint density at radius 2 is 2.10 bits per heavy atom. The van der Waals surface area contributed by atoms with Crippen LogP contribution in [0.1, 0.15) is 12.8 Å². The molecule has 21 heavy (non-hydrogen) atoms. The fourth-order valence-corrected chi connectivity index (χ4v) is 2.42. The number of aromatic nitrogens is 3. The number of hydrogen-bond acceptors (Lipinski definition) is 4. The van der Waals surface area contributed by atoms with Crippen molar-refractivity contribution in [3.8, 4) is 5.69 Å². The van der Waals surface area contributed by atoms with Crippen LogP contribution in [0.4, 0.5) is 5.69 Å². The van der Waals surface area contributed by atoms with Gasteiger partial charge in [0.15, 0.2) is 0 Å². The number of carbonyl (C=O) groups is 2. The van der Waals surface area contributed by atoms with Crippen molar-refractivity contribution in [2.75, 3.05) is 5.32 Å². The van der Waals surface area contributed by atoms with Gasteiger partial charge in [0.25, 0.3) is 0 Å². The number of nitrogens with one attached hydrogen (secondary N) is 1. The van der Waals surface area contributed by atoms with Gasteiger partial charge >= 0.3 is 5.97 Å². The van der Waals surface area contributed by atoms with Crippen LogP contribution in [-0.2, 0) is 9.59 Å². The van der Waals surface area contributed by atoms with Gasteiger partial charge in [-0.3, -0.25) is 9.59 Å². The molecule has 1 aliphatic carbocycles. The van der Waals surface area contributed by atoms with E-state index in [0.29, 0.717) is 18.5 Å². The number of amides is 1. The van der Waals surface area contributed by atoms with E-state index < -0.39 is 17.8 Å². The smallest absolute Gasteiger partial charge is 0.307 e. The Morgan fingerprint density at radius 3 is 2.71 bits per heavy atom. The number of nitrogens with zero attached hydrogens (tertiary/aromatic N) is 3. The van der Waals surface area contributed by atoms with Crippen molar-refractivity contribution in [1.29, 1.82) is 0 Å². The monoisotopic (exact) mass is 286 g/mol. The van der Waals surface area contributed by atoms with Crippen LogP contribution in [-0.4, -0.2) is 32.0 Å². The predicted octanol–water partition coefficient (Wildman–Crippen LogP) is 1.32. The van der Waals surface area contributed by atoms with E-state index >= 15 is 0 Å². The summed E-state index contributed by atoms with van der Waals surface area (Å²) in [5, 5.41) is 19.4. The zero-order valence-corrected chi connectivity index (χ0v) is 11.1. The summed E-state index contributed by atoms with van der Waals surface area (Å²) in [5.41, 5.74) is 1.39. The molecule has 1 aliphatic rings. The predicted molar refractivity (Wildman–Crippen MR) is 73.8 cm³/mol. The summed E-state index contributed by atoms with van der Waals surface area (Å²) in [5.74, 6) is -2.16. The number of carbonyl (C=O) groups excluding carboxylic acids is 1. The summed E-state index contributed by atoms with van der Waals surface area (Å²) >= 11 is 0. The average molecular weight is 286 g/mol. The van der Waals surface area contributed by atoms with Gasteiger partial charge in [0, 0.05) is 5.69 Å². The normalized spacial score (nSPS) is 20.6. The number of rotatable bonds is 4. The second-order valence-corrected chi connectivity index (χ2v) is 5.02. The Labute approximate surface area is 120 Å². The lowest BCUT2D eigenvalue weighted by Gasteiger charge is -2.31. The molecule has 1 heterocycles. The minimum atomic E-state index is -0.905. The summed E-state index contributed by atoms with van der Waals surface area (Å²) < 4.78 is 1.58. The minimum absolute atomic E-state index is 0.246. The van der Waals surface area contributed by atoms with Crippen molar-refractivity contribution in [2.45, 2.75) is 12.8 Å². The zero-order chi connectivity index (χ0) is 14.8. The standard InChI is InChI=1S/C14H14N4O3/c19-13(11-4-5-12(11)14(20)21)16-9-2-1-3-10(8-9)18-7-6-15-17-18/h1-3,6-8,11-12H,4-5H2,(H,16,19)(H,20,21). The molecule has 1 aromatic heterocycles. The maximum Gasteiger partial charge on any atom is 0.307 e. The quantitative estimate of drug-likeness (QED) is 0.883. The van der Waals surface area contributed by atoms with E-state index in [1.807, 2.05) is 6.07 Å². The van der Waals surface area contributed by atoms with Crippen LogP contribution >= 0.6 is 0 Å². The molecule has 2 aromatic rings. The van der Waals surface area contributed by atoms with Crippen molar-refractivity contribution >= 4 is 17.6 Å². The zero-order valence-electron chi connectivity index (χ0n) is 11.1. The topological polar surface area (TPSA) is 97.1 Å². The molecule has 2 atom stereocenters. The van der Waals surface area contributed by atoms with Crippen LogP contribution in [0.3, 0.4) is 0 Å². The van der Waals surface area contributed by atoms with E-state index in [4.69, 9.17) is 5.11 Å². The lowest BCUT2D eigenvalue weighted by molar-refractivity contribution is -0.151. The van der Waals surface area contributed by atoms with Gasteiger partial charge in [0.1, 0.15) is 0 Å². The number of benzene rings is 1. The van der Waals surface area contributed by atoms with E-state index in [1.54, 1.807) is 35.3 Å². The lowest BCUT2D eigenvalue weighted by Crippen LogP contribution is -2.41. The molecule has 2 N–H and O–H groups in total. The van der Waals surface area contributed by atoms with Crippen molar-refractivity contribution in [2.24, 2.45) is 11.8 Å². The van der Waals surface area contributed by atoms with Crippen LogP contribution in [0.15, 0.2) is 36.7 Å². The molecule has 3 rings (SSSR count). The molecule has 1 saturated carbocycles. The van der Waals surface area contributed by atoms with Crippen LogP contribution in [0, 0.1) is 11.8 Å². The minimum Gasteiger partial charge on any atom is -0.481 e. The van der Waals surface area contributed by atoms with E-state index in [1.165, 1.54) is 0 Å². The van der Waals surface area contributed by atoms with E-state index in [0.717, 1.165) is 5.69 Å². The second-order valence-electron chi connectivity index (χ2n) is 5.02. The van der Waals surface area contributed by atoms with Crippen molar-refractivity contribution < 1.29 is 14.7 Å². The highest BCUT2D eigenvalue weighted by molar-refractivity contribution is 5.96. The molecule has 1 aromatic carbocycles. The highest BCUT2D eigenvalue weighted by atomic mass is 16.4. The number of carboxylic acid groups (broad SMARTS) is 1. The van der Waals surface area contributed by atoms with Gasteiger partial charge in [0.05, 0.1) is 29.9 Å². The van der Waals surface area contributed by atoms with Gasteiger partial charge in [-0.2, -0.15) is 0 Å². The van der Waals surface area contributed by atoms with Gasteiger partial charge < -0.3 is 10.4 Å². The van der Waals surface area contributed by atoms with Crippen LogP contribution in [0.5, 0.6) is 0 Å². The third-order valence-corrected chi connectivity index (χ3v) is 3.73. The largest absolute Gasteiger partial charge is 0.481 e. The molecule has 0 saturated heterocycles. The first-order chi connectivity index (χ1) is 10.1. The molecule has 0 aliphatic heterocycles. The summed E-state index contributed by atoms with van der Waals surface area (Å²) in [4.78, 5) is 23.1. The van der Waals surface area contributed by atoms with Crippen LogP contribution in [0.25, 0.3) is 5.69 Å². The van der Waals surface area contributed by atoms with Gasteiger partial charge in [-0.15, -0.1) is 5.10 Å². The van der Waals surface area contributed by atoms with Gasteiger partial charge in [-0.1, -0.05) is 11.3 Å². The molecular formula is C14H14N4O3. The Morgan fingerprint density at radius 1 is 1.29 bits per heavy atom. The maximum atomic E-state index is 12.1. The van der Waals surface area contributed by atoms with Crippen molar-refractivity contribution in [3.05, 3.63) is 36.7 Å². The fourth-order valence-electron chi connectivity index (χ4n) is 2.42. The summed E-state index contributed by atoms with van der Waals surface area (Å²) in [6.07, 6.45) is 4.45. The number of anilines is 1. The first kappa shape index (κ1) is 13.3. The fraction of sp³-hybridized carbons (Fsp3) is 0.286. The average Bonchev–Trinajstić information content (AvgIpc) is 2.90.